The Hall–Kier alpha value is -5.04. The van der Waals surface area contributed by atoms with E-state index in [0.717, 1.165) is 27.8 Å². The first-order valence-corrected chi connectivity index (χ1v) is 17.3. The second-order valence-corrected chi connectivity index (χ2v) is 14.8. The van der Waals surface area contributed by atoms with Gasteiger partial charge in [0.25, 0.3) is 5.91 Å². The Kier molecular flexibility index (Phi) is 11.0. The molecule has 7 heteroatoms. The quantitative estimate of drug-likeness (QED) is 0.166. The molecule has 0 aliphatic heterocycles. The zero-order valence-electron chi connectivity index (χ0n) is 30.0. The molecule has 0 fully saturated rings. The van der Waals surface area contributed by atoms with Crippen LogP contribution in [0.2, 0.25) is 0 Å². The van der Waals surface area contributed by atoms with Gasteiger partial charge in [0.2, 0.25) is 11.8 Å². The van der Waals surface area contributed by atoms with E-state index < -0.39 is 11.5 Å². The van der Waals surface area contributed by atoms with Gasteiger partial charge in [-0.1, -0.05) is 118 Å². The van der Waals surface area contributed by atoms with Crippen LogP contribution < -0.4 is 10.6 Å². The van der Waals surface area contributed by atoms with Gasteiger partial charge in [-0.3, -0.25) is 14.4 Å². The van der Waals surface area contributed by atoms with E-state index in [2.05, 4.69) is 55.7 Å². The Morgan fingerprint density at radius 1 is 0.900 bits per heavy atom. The lowest BCUT2D eigenvalue weighted by atomic mass is 9.75. The van der Waals surface area contributed by atoms with E-state index in [1.54, 1.807) is 24.1 Å². The lowest BCUT2D eigenvalue weighted by Crippen LogP contribution is -2.47. The maximum Gasteiger partial charge on any atom is 0.252 e. The van der Waals surface area contributed by atoms with Gasteiger partial charge >= 0.3 is 0 Å². The number of nitrogens with zero attached hydrogens (tertiary/aromatic N) is 1. The molecule has 3 amide bonds. The van der Waals surface area contributed by atoms with Crippen molar-refractivity contribution in [3.8, 4) is 11.1 Å². The fourth-order valence-corrected chi connectivity index (χ4v) is 6.44. The lowest BCUT2D eigenvalue weighted by Gasteiger charge is -2.34. The van der Waals surface area contributed by atoms with Gasteiger partial charge in [0.05, 0.1) is 5.41 Å². The molecule has 5 rings (SSSR count). The van der Waals surface area contributed by atoms with Crippen molar-refractivity contribution >= 4 is 17.7 Å². The molecule has 4 aromatic carbocycles. The Labute approximate surface area is 295 Å². The predicted octanol–water partition coefficient (Wildman–Crippen LogP) is 8.46. The normalized spacial score (nSPS) is 16.6. The molecule has 4 aromatic rings. The summed E-state index contributed by atoms with van der Waals surface area (Å²) in [5.41, 5.74) is 6.71. The molecule has 50 heavy (non-hydrogen) atoms. The number of carbonyl (C=O) groups excluding carboxylic acids is 3. The SMILES string of the molecule is Cc1cccc(C(=O)NCC2=CCC(C)(C(=O)N[C@H](C(=O)N(C)Cc3ccc(F)cc3)c3ccccc3)CC2)c1-c1ccc(C(C)(C)C)cc1. The number of aryl methyl sites for hydroxylation is 1. The number of rotatable bonds is 10. The Balaban J connectivity index is 1.24. The monoisotopic (exact) mass is 673 g/mol. The highest BCUT2D eigenvalue weighted by Gasteiger charge is 2.37. The van der Waals surface area contributed by atoms with Gasteiger partial charge in [-0.15, -0.1) is 0 Å². The summed E-state index contributed by atoms with van der Waals surface area (Å²) >= 11 is 0. The van der Waals surface area contributed by atoms with Crippen molar-refractivity contribution in [2.45, 2.75) is 71.9 Å². The molecular weight excluding hydrogens is 625 g/mol. The van der Waals surface area contributed by atoms with Crippen LogP contribution >= 0.6 is 0 Å². The number of hydrogen-bond donors (Lipinski definition) is 2. The molecule has 0 aromatic heterocycles. The molecule has 0 heterocycles. The zero-order chi connectivity index (χ0) is 36.1. The molecule has 0 bridgehead atoms. The second kappa shape index (κ2) is 15.2. The van der Waals surface area contributed by atoms with E-state index in [0.29, 0.717) is 36.9 Å². The van der Waals surface area contributed by atoms with Crippen LogP contribution in [0.3, 0.4) is 0 Å². The number of halogens is 1. The van der Waals surface area contributed by atoms with Crippen molar-refractivity contribution in [1.29, 1.82) is 0 Å². The highest BCUT2D eigenvalue weighted by molar-refractivity contribution is 6.01. The third kappa shape index (κ3) is 8.57. The summed E-state index contributed by atoms with van der Waals surface area (Å²) < 4.78 is 13.4. The number of likely N-dealkylation sites (N-methyl/N-ethyl adjacent to an activating group) is 1. The smallest absolute Gasteiger partial charge is 0.252 e. The van der Waals surface area contributed by atoms with E-state index in [1.807, 2.05) is 68.5 Å². The number of benzene rings is 4. The minimum Gasteiger partial charge on any atom is -0.348 e. The van der Waals surface area contributed by atoms with E-state index in [1.165, 1.54) is 17.7 Å². The van der Waals surface area contributed by atoms with E-state index >= 15 is 0 Å². The van der Waals surface area contributed by atoms with Crippen molar-refractivity contribution < 1.29 is 18.8 Å². The molecule has 0 radical (unpaired) electrons. The number of amides is 3. The zero-order valence-corrected chi connectivity index (χ0v) is 30.0. The second-order valence-electron chi connectivity index (χ2n) is 14.8. The fourth-order valence-electron chi connectivity index (χ4n) is 6.44. The van der Waals surface area contributed by atoms with E-state index in [-0.39, 0.29) is 35.5 Å². The molecule has 1 aliphatic carbocycles. The molecule has 1 aliphatic rings. The van der Waals surface area contributed by atoms with Gasteiger partial charge in [0.1, 0.15) is 11.9 Å². The minimum absolute atomic E-state index is 0.0406. The molecular formula is C43H48FN3O3. The van der Waals surface area contributed by atoms with Gasteiger partial charge in [-0.05, 0) is 83.2 Å². The Morgan fingerprint density at radius 2 is 1.58 bits per heavy atom. The van der Waals surface area contributed by atoms with Crippen LogP contribution in [-0.4, -0.2) is 36.2 Å². The fraction of sp³-hybridized carbons (Fsp3) is 0.326. The molecule has 0 spiro atoms. The molecule has 260 valence electrons. The van der Waals surface area contributed by atoms with Crippen molar-refractivity contribution in [2.75, 3.05) is 13.6 Å². The van der Waals surface area contributed by atoms with Crippen LogP contribution in [0.4, 0.5) is 4.39 Å². The van der Waals surface area contributed by atoms with Crippen molar-refractivity contribution in [1.82, 2.24) is 15.5 Å². The third-order valence-electron chi connectivity index (χ3n) is 9.78. The number of allylic oxidation sites excluding steroid dienone is 1. The van der Waals surface area contributed by atoms with E-state index in [4.69, 9.17) is 0 Å². The molecule has 0 saturated heterocycles. The molecule has 6 nitrogen and oxygen atoms in total. The average Bonchev–Trinajstić information content (AvgIpc) is 3.10. The highest BCUT2D eigenvalue weighted by Crippen LogP contribution is 2.36. The van der Waals surface area contributed by atoms with Crippen LogP contribution in [0, 0.1) is 18.2 Å². The summed E-state index contributed by atoms with van der Waals surface area (Å²) in [6.07, 6.45) is 3.76. The Morgan fingerprint density at radius 3 is 2.20 bits per heavy atom. The Bertz CT molecular complexity index is 1860. The van der Waals surface area contributed by atoms with Crippen molar-refractivity contribution in [2.24, 2.45) is 5.41 Å². The van der Waals surface area contributed by atoms with Crippen molar-refractivity contribution in [3.63, 3.8) is 0 Å². The van der Waals surface area contributed by atoms with Gasteiger partial charge < -0.3 is 15.5 Å². The first kappa shape index (κ1) is 36.2. The maximum atomic E-state index is 13.8. The largest absolute Gasteiger partial charge is 0.348 e. The van der Waals surface area contributed by atoms with E-state index in [9.17, 15) is 18.8 Å². The lowest BCUT2D eigenvalue weighted by molar-refractivity contribution is -0.139. The summed E-state index contributed by atoms with van der Waals surface area (Å²) in [5, 5.41) is 6.18. The molecule has 1 unspecified atom stereocenters. The van der Waals surface area contributed by atoms with Gasteiger partial charge in [-0.2, -0.15) is 0 Å². The average molecular weight is 674 g/mol. The number of carbonyl (C=O) groups is 3. The van der Waals surface area contributed by atoms with Crippen LogP contribution in [0.1, 0.15) is 85.6 Å². The van der Waals surface area contributed by atoms with Crippen LogP contribution in [0.25, 0.3) is 11.1 Å². The maximum absolute atomic E-state index is 13.8. The van der Waals surface area contributed by atoms with Crippen molar-refractivity contribution in [3.05, 3.63) is 142 Å². The van der Waals surface area contributed by atoms with Gasteiger partial charge in [0.15, 0.2) is 0 Å². The van der Waals surface area contributed by atoms with Crippen LogP contribution in [0.5, 0.6) is 0 Å². The summed E-state index contributed by atoms with van der Waals surface area (Å²) in [5.74, 6) is -0.927. The first-order valence-electron chi connectivity index (χ1n) is 17.3. The summed E-state index contributed by atoms with van der Waals surface area (Å²) in [7, 11) is 1.68. The van der Waals surface area contributed by atoms with Crippen LogP contribution in [-0.2, 0) is 21.5 Å². The summed E-state index contributed by atoms with van der Waals surface area (Å²) in [6.45, 7) is 11.2. The number of nitrogens with one attached hydrogen (secondary N) is 2. The molecule has 2 atom stereocenters. The first-order chi connectivity index (χ1) is 23.7. The number of hydrogen-bond acceptors (Lipinski definition) is 3. The highest BCUT2D eigenvalue weighted by atomic mass is 19.1. The predicted molar refractivity (Wildman–Crippen MR) is 198 cm³/mol. The van der Waals surface area contributed by atoms with Gasteiger partial charge in [0, 0.05) is 25.7 Å². The minimum atomic E-state index is -0.871. The summed E-state index contributed by atoms with van der Waals surface area (Å²) in [4.78, 5) is 42.7. The van der Waals surface area contributed by atoms with Crippen LogP contribution in [0.15, 0.2) is 109 Å². The molecule has 2 N–H and O–H groups in total. The molecule has 0 saturated carbocycles. The summed E-state index contributed by atoms with van der Waals surface area (Å²) in [6, 6.07) is 28.6. The topological polar surface area (TPSA) is 78.5 Å². The standard InChI is InChI=1S/C43H48FN3O3/c1-29-11-10-14-36(37(29)32-17-19-34(20-18-32)42(2,3)4)39(48)45-27-30-23-25-43(5,26-24-30)41(50)46-38(33-12-8-7-9-13-33)40(49)47(6)28-31-15-21-35(44)22-16-31/h7-23,38H,24-28H2,1-6H3,(H,45,48)(H,46,50)/t38-,43?/m0/s1. The third-order valence-corrected chi connectivity index (χ3v) is 9.78. The van der Waals surface area contributed by atoms with Gasteiger partial charge in [-0.25, -0.2) is 4.39 Å².